The third-order valence-electron chi connectivity index (χ3n) is 4.11. The normalized spacial score (nSPS) is 19.2. The van der Waals surface area contributed by atoms with E-state index in [4.69, 9.17) is 18.6 Å². The maximum atomic E-state index is 12.5. The highest BCUT2D eigenvalue weighted by Gasteiger charge is 2.38. The predicted molar refractivity (Wildman–Crippen MR) is 87.1 cm³/mol. The van der Waals surface area contributed by atoms with Gasteiger partial charge in [0.15, 0.2) is 11.5 Å². The van der Waals surface area contributed by atoms with Crippen LogP contribution in [0.15, 0.2) is 45.6 Å². The van der Waals surface area contributed by atoms with Crippen molar-refractivity contribution in [1.82, 2.24) is 4.90 Å². The van der Waals surface area contributed by atoms with E-state index in [0.717, 1.165) is 0 Å². The first-order valence-corrected chi connectivity index (χ1v) is 8.04. The predicted octanol–water partition coefficient (Wildman–Crippen LogP) is 1.38. The molecule has 2 aromatic rings. The molecule has 1 aromatic carbocycles. The van der Waals surface area contributed by atoms with Crippen LogP contribution in [0, 0.1) is 6.92 Å². The highest BCUT2D eigenvalue weighted by atomic mass is 16.6. The maximum absolute atomic E-state index is 12.5. The number of ether oxygens (including phenoxy) is 3. The van der Waals surface area contributed by atoms with Gasteiger partial charge in [-0.1, -0.05) is 12.1 Å². The van der Waals surface area contributed by atoms with Gasteiger partial charge in [-0.05, 0) is 19.1 Å². The number of benzene rings is 1. The fraction of sp³-hybridized carbons (Fsp3) is 0.333. The van der Waals surface area contributed by atoms with E-state index in [1.165, 1.54) is 6.07 Å². The van der Waals surface area contributed by atoms with E-state index in [9.17, 15) is 9.59 Å². The molecule has 1 fully saturated rings. The summed E-state index contributed by atoms with van der Waals surface area (Å²) in [6.45, 7) is 2.76. The molecule has 0 unspecified atom stereocenters. The molecule has 7 nitrogen and oxygen atoms in total. The summed E-state index contributed by atoms with van der Waals surface area (Å²) in [5.74, 6) is 2.04. The number of rotatable bonds is 3. The Kier molecular flexibility index (Phi) is 3.83. The van der Waals surface area contributed by atoms with E-state index in [1.54, 1.807) is 24.0 Å². The molecule has 1 atom stereocenters. The highest BCUT2D eigenvalue weighted by molar-refractivity contribution is 5.82. The van der Waals surface area contributed by atoms with Gasteiger partial charge in [0.1, 0.15) is 24.2 Å². The molecule has 3 heterocycles. The van der Waals surface area contributed by atoms with Crippen LogP contribution in [0.25, 0.3) is 0 Å². The van der Waals surface area contributed by atoms with E-state index >= 15 is 0 Å². The summed E-state index contributed by atoms with van der Waals surface area (Å²) in [6, 6.07) is 10.2. The van der Waals surface area contributed by atoms with Gasteiger partial charge < -0.3 is 23.5 Å². The number of fused-ring (bicyclic) bond motifs is 1. The van der Waals surface area contributed by atoms with Crippen molar-refractivity contribution < 1.29 is 23.4 Å². The van der Waals surface area contributed by atoms with Gasteiger partial charge in [-0.3, -0.25) is 4.79 Å². The van der Waals surface area contributed by atoms with E-state index in [1.807, 2.05) is 18.2 Å². The molecule has 0 radical (unpaired) electrons. The fourth-order valence-electron chi connectivity index (χ4n) is 2.87. The van der Waals surface area contributed by atoms with Crippen LogP contribution in [0.5, 0.6) is 17.2 Å². The lowest BCUT2D eigenvalue weighted by Gasteiger charge is -2.41. The Hall–Kier alpha value is -2.96. The molecule has 130 valence electrons. The first-order valence-electron chi connectivity index (χ1n) is 8.04. The van der Waals surface area contributed by atoms with Gasteiger partial charge in [-0.25, -0.2) is 4.79 Å². The Morgan fingerprint density at radius 1 is 1.20 bits per heavy atom. The minimum absolute atomic E-state index is 0.127. The van der Waals surface area contributed by atoms with Crippen LogP contribution in [0.1, 0.15) is 5.76 Å². The smallest absolute Gasteiger partial charge is 0.339 e. The number of amides is 1. The molecule has 0 spiro atoms. The Morgan fingerprint density at radius 3 is 2.72 bits per heavy atom. The van der Waals surface area contributed by atoms with Crippen LogP contribution in [0.4, 0.5) is 0 Å². The summed E-state index contributed by atoms with van der Waals surface area (Å²) in [6.07, 6.45) is -0.802. The van der Waals surface area contributed by atoms with Gasteiger partial charge in [-0.15, -0.1) is 0 Å². The van der Waals surface area contributed by atoms with Crippen LogP contribution < -0.4 is 19.8 Å². The van der Waals surface area contributed by atoms with Gasteiger partial charge in [0.2, 0.25) is 6.10 Å². The van der Waals surface area contributed by atoms with Crippen LogP contribution >= 0.6 is 0 Å². The zero-order valence-corrected chi connectivity index (χ0v) is 13.6. The number of para-hydroxylation sites is 2. The summed E-state index contributed by atoms with van der Waals surface area (Å²) in [4.78, 5) is 25.5. The summed E-state index contributed by atoms with van der Waals surface area (Å²) < 4.78 is 21.9. The lowest BCUT2D eigenvalue weighted by Crippen LogP contribution is -2.60. The van der Waals surface area contributed by atoms with E-state index in [-0.39, 0.29) is 18.6 Å². The molecule has 4 rings (SSSR count). The third kappa shape index (κ3) is 3.17. The van der Waals surface area contributed by atoms with Crippen LogP contribution in [0.2, 0.25) is 0 Å². The van der Waals surface area contributed by atoms with Crippen molar-refractivity contribution in [1.29, 1.82) is 0 Å². The van der Waals surface area contributed by atoms with Crippen molar-refractivity contribution in [2.24, 2.45) is 0 Å². The average Bonchev–Trinajstić information content (AvgIpc) is 2.56. The van der Waals surface area contributed by atoms with E-state index < -0.39 is 11.7 Å². The van der Waals surface area contributed by atoms with Crippen molar-refractivity contribution in [2.75, 3.05) is 19.7 Å². The van der Waals surface area contributed by atoms with Crippen LogP contribution in [-0.2, 0) is 4.79 Å². The van der Waals surface area contributed by atoms with Gasteiger partial charge in [0.05, 0.1) is 19.2 Å². The molecule has 0 aliphatic carbocycles. The van der Waals surface area contributed by atoms with Crippen molar-refractivity contribution >= 4 is 5.91 Å². The van der Waals surface area contributed by atoms with Crippen LogP contribution in [0.3, 0.4) is 0 Å². The Labute approximate surface area is 143 Å². The zero-order chi connectivity index (χ0) is 17.4. The molecule has 1 aromatic heterocycles. The van der Waals surface area contributed by atoms with E-state index in [2.05, 4.69) is 0 Å². The summed E-state index contributed by atoms with van der Waals surface area (Å²) in [5.41, 5.74) is -0.450. The second-order valence-electron chi connectivity index (χ2n) is 6.07. The quantitative estimate of drug-likeness (QED) is 0.838. The topological polar surface area (TPSA) is 78.2 Å². The Bertz CT molecular complexity index is 855. The molecule has 1 amide bonds. The average molecular weight is 343 g/mol. The number of hydrogen-bond donors (Lipinski definition) is 0. The van der Waals surface area contributed by atoms with Crippen molar-refractivity contribution in [3.63, 3.8) is 0 Å². The maximum Gasteiger partial charge on any atom is 0.339 e. The molecule has 0 saturated carbocycles. The SMILES string of the molecule is Cc1cc(OC2CN(C(=O)[C@H]3COc4ccccc4O3)C2)cc(=O)o1. The van der Waals surface area contributed by atoms with Crippen molar-refractivity contribution in [3.8, 4) is 17.2 Å². The Morgan fingerprint density at radius 2 is 1.96 bits per heavy atom. The van der Waals surface area contributed by atoms with E-state index in [0.29, 0.717) is 36.1 Å². The monoisotopic (exact) mass is 343 g/mol. The number of nitrogens with zero attached hydrogens (tertiary/aromatic N) is 1. The molecule has 1 saturated heterocycles. The molecule has 25 heavy (non-hydrogen) atoms. The van der Waals surface area contributed by atoms with Gasteiger partial charge in [0, 0.05) is 6.07 Å². The lowest BCUT2D eigenvalue weighted by atomic mass is 10.1. The second kappa shape index (κ2) is 6.16. The standard InChI is InChI=1S/C18H17NO6/c1-11-6-12(7-17(20)23-11)24-13-8-19(9-13)18(21)16-10-22-14-4-2-3-5-15(14)25-16/h2-7,13,16H,8-10H2,1H3/t16-/m1/s1. The molecule has 0 bridgehead atoms. The highest BCUT2D eigenvalue weighted by Crippen LogP contribution is 2.31. The van der Waals surface area contributed by atoms with Crippen molar-refractivity contribution in [2.45, 2.75) is 19.1 Å². The Balaban J connectivity index is 1.33. The zero-order valence-electron chi connectivity index (χ0n) is 13.6. The second-order valence-corrected chi connectivity index (χ2v) is 6.07. The molecule has 2 aliphatic rings. The third-order valence-corrected chi connectivity index (χ3v) is 4.11. The van der Waals surface area contributed by atoms with Gasteiger partial charge in [-0.2, -0.15) is 0 Å². The minimum Gasteiger partial charge on any atom is -0.486 e. The molecular weight excluding hydrogens is 326 g/mol. The number of hydrogen-bond acceptors (Lipinski definition) is 6. The summed E-state index contributed by atoms with van der Waals surface area (Å²) in [5, 5.41) is 0. The first kappa shape index (κ1) is 15.6. The fourth-order valence-corrected chi connectivity index (χ4v) is 2.87. The largest absolute Gasteiger partial charge is 0.486 e. The number of carbonyl (C=O) groups excluding carboxylic acids is 1. The molecular formula is C18H17NO6. The molecule has 2 aliphatic heterocycles. The number of likely N-dealkylation sites (tertiary alicyclic amines) is 1. The van der Waals surface area contributed by atoms with Gasteiger partial charge >= 0.3 is 5.63 Å². The van der Waals surface area contributed by atoms with Crippen LogP contribution in [-0.4, -0.2) is 42.7 Å². The summed E-state index contributed by atoms with van der Waals surface area (Å²) in [7, 11) is 0. The molecule has 7 heteroatoms. The number of carbonyl (C=O) groups is 1. The first-order chi connectivity index (χ1) is 12.1. The lowest BCUT2D eigenvalue weighted by molar-refractivity contribution is -0.150. The van der Waals surface area contributed by atoms with Crippen molar-refractivity contribution in [3.05, 3.63) is 52.6 Å². The number of aryl methyl sites for hydroxylation is 1. The van der Waals surface area contributed by atoms with Gasteiger partial charge in [0.25, 0.3) is 5.91 Å². The summed E-state index contributed by atoms with van der Waals surface area (Å²) >= 11 is 0. The minimum atomic E-state index is -0.651. The molecule has 0 N–H and O–H groups in total.